The summed E-state index contributed by atoms with van der Waals surface area (Å²) in [4.78, 5) is 13.9. The highest BCUT2D eigenvalue weighted by Gasteiger charge is 2.48. The van der Waals surface area contributed by atoms with Gasteiger partial charge in [0.1, 0.15) is 12.4 Å². The van der Waals surface area contributed by atoms with Crippen LogP contribution in [0.2, 0.25) is 0 Å². The van der Waals surface area contributed by atoms with Gasteiger partial charge in [0, 0.05) is 37.7 Å². The zero-order valence-corrected chi connectivity index (χ0v) is 16.8. The van der Waals surface area contributed by atoms with Crippen LogP contribution < -0.4 is 5.32 Å². The number of amides is 1. The number of ether oxygens (including phenoxy) is 1. The highest BCUT2D eigenvalue weighted by molar-refractivity contribution is 5.77. The van der Waals surface area contributed by atoms with Gasteiger partial charge in [-0.05, 0) is 25.2 Å². The molecule has 1 fully saturated rings. The number of anilines is 1. The van der Waals surface area contributed by atoms with E-state index in [-0.39, 0.29) is 36.3 Å². The smallest absolute Gasteiger partial charge is 0.375 e. The van der Waals surface area contributed by atoms with E-state index in [1.54, 1.807) is 11.0 Å². The van der Waals surface area contributed by atoms with Gasteiger partial charge in [0.2, 0.25) is 5.91 Å². The van der Waals surface area contributed by atoms with Crippen molar-refractivity contribution in [2.24, 2.45) is 5.92 Å². The first kappa shape index (κ1) is 21.0. The third-order valence-corrected chi connectivity index (χ3v) is 5.64. The first-order chi connectivity index (χ1) is 13.0. The normalized spacial score (nSPS) is 26.0. The van der Waals surface area contributed by atoms with E-state index in [2.05, 4.69) is 10.4 Å². The summed E-state index contributed by atoms with van der Waals surface area (Å²) in [6, 6.07) is -0.293. The van der Waals surface area contributed by atoms with E-state index in [9.17, 15) is 18.0 Å². The number of nitrogens with one attached hydrogen (secondary N) is 1. The molecule has 0 aromatic carbocycles. The highest BCUT2D eigenvalue weighted by atomic mass is 19.4. The summed E-state index contributed by atoms with van der Waals surface area (Å²) in [6.45, 7) is 6.87. The lowest BCUT2D eigenvalue weighted by molar-refractivity contribution is -0.175. The van der Waals surface area contributed by atoms with Gasteiger partial charge >= 0.3 is 6.18 Å². The van der Waals surface area contributed by atoms with Crippen LogP contribution in [0.25, 0.3) is 0 Å². The van der Waals surface area contributed by atoms with Crippen LogP contribution in [-0.2, 0) is 14.9 Å². The van der Waals surface area contributed by atoms with Crippen molar-refractivity contribution >= 4 is 11.7 Å². The Bertz CT molecular complexity index is 711. The summed E-state index contributed by atoms with van der Waals surface area (Å²) < 4.78 is 47.4. The minimum absolute atomic E-state index is 0.00228. The fraction of sp³-hybridized carbons (Fsp3) is 0.789. The molecule has 0 unspecified atom stereocenters. The van der Waals surface area contributed by atoms with Crippen molar-refractivity contribution in [1.82, 2.24) is 14.7 Å². The maximum Gasteiger partial charge on any atom is 0.410 e. The molecule has 0 radical (unpaired) electrons. The Morgan fingerprint density at radius 1 is 1.36 bits per heavy atom. The van der Waals surface area contributed by atoms with Crippen LogP contribution in [0, 0.1) is 5.92 Å². The number of piperidine rings is 1. The SMILES string of the molecule is COCC(=O)N1CCC[C@@H]([C@@H]2C[C@H](C(F)(F)F)n3nc(C(C)(C)C)cc3N2)C1. The van der Waals surface area contributed by atoms with E-state index < -0.39 is 12.2 Å². The van der Waals surface area contributed by atoms with E-state index in [0.29, 0.717) is 24.6 Å². The molecule has 1 aromatic rings. The first-order valence-corrected chi connectivity index (χ1v) is 9.70. The van der Waals surface area contributed by atoms with Crippen molar-refractivity contribution in [3.05, 3.63) is 11.8 Å². The monoisotopic (exact) mass is 402 g/mol. The molecule has 1 aromatic heterocycles. The molecule has 28 heavy (non-hydrogen) atoms. The molecular weight excluding hydrogens is 373 g/mol. The van der Waals surface area contributed by atoms with Crippen LogP contribution in [0.1, 0.15) is 51.8 Å². The van der Waals surface area contributed by atoms with Gasteiger partial charge in [0.25, 0.3) is 0 Å². The molecular formula is C19H29F3N4O2. The molecule has 3 heterocycles. The number of aromatic nitrogens is 2. The van der Waals surface area contributed by atoms with Crippen LogP contribution in [0.4, 0.5) is 19.0 Å². The molecule has 0 spiro atoms. The van der Waals surface area contributed by atoms with E-state index >= 15 is 0 Å². The Hall–Kier alpha value is -1.77. The average molecular weight is 402 g/mol. The number of likely N-dealkylation sites (tertiary alicyclic amines) is 1. The number of carbonyl (C=O) groups excluding carboxylic acids is 1. The molecule has 1 N–H and O–H groups in total. The summed E-state index contributed by atoms with van der Waals surface area (Å²) in [6.07, 6.45) is -2.89. The van der Waals surface area contributed by atoms with Gasteiger partial charge in [-0.2, -0.15) is 18.3 Å². The van der Waals surface area contributed by atoms with E-state index in [1.165, 1.54) is 7.11 Å². The van der Waals surface area contributed by atoms with Crippen molar-refractivity contribution in [3.8, 4) is 0 Å². The van der Waals surface area contributed by atoms with Crippen molar-refractivity contribution in [2.75, 3.05) is 32.1 Å². The predicted molar refractivity (Wildman–Crippen MR) is 99.2 cm³/mol. The Labute approximate surface area is 163 Å². The maximum atomic E-state index is 13.8. The van der Waals surface area contributed by atoms with E-state index in [1.807, 2.05) is 20.8 Å². The molecule has 3 rings (SSSR count). The highest BCUT2D eigenvalue weighted by Crippen LogP contribution is 2.42. The predicted octanol–water partition coefficient (Wildman–Crippen LogP) is 3.35. The molecule has 158 valence electrons. The molecule has 1 amide bonds. The largest absolute Gasteiger partial charge is 0.410 e. The molecule has 1 saturated heterocycles. The van der Waals surface area contributed by atoms with Gasteiger partial charge in [-0.25, -0.2) is 4.68 Å². The first-order valence-electron chi connectivity index (χ1n) is 9.70. The summed E-state index contributed by atoms with van der Waals surface area (Å²) in [5, 5.41) is 7.55. The van der Waals surface area contributed by atoms with Crippen LogP contribution >= 0.6 is 0 Å². The van der Waals surface area contributed by atoms with Gasteiger partial charge in [-0.3, -0.25) is 4.79 Å². The molecule has 2 aliphatic rings. The lowest BCUT2D eigenvalue weighted by Crippen LogP contribution is -2.49. The van der Waals surface area contributed by atoms with Gasteiger partial charge in [0.15, 0.2) is 6.04 Å². The van der Waals surface area contributed by atoms with Crippen molar-refractivity contribution in [3.63, 3.8) is 0 Å². The fourth-order valence-corrected chi connectivity index (χ4v) is 4.06. The summed E-state index contributed by atoms with van der Waals surface area (Å²) in [7, 11) is 1.46. The lowest BCUT2D eigenvalue weighted by Gasteiger charge is -2.41. The maximum absolute atomic E-state index is 13.8. The molecule has 0 bridgehead atoms. The second-order valence-corrected chi connectivity index (χ2v) is 8.83. The van der Waals surface area contributed by atoms with Gasteiger partial charge in [-0.1, -0.05) is 20.8 Å². The van der Waals surface area contributed by atoms with Crippen LogP contribution in [0.15, 0.2) is 6.07 Å². The number of methoxy groups -OCH3 is 1. The zero-order valence-electron chi connectivity index (χ0n) is 16.8. The number of carbonyl (C=O) groups is 1. The summed E-state index contributed by atoms with van der Waals surface area (Å²) >= 11 is 0. The Kier molecular flexibility index (Phi) is 5.67. The fourth-order valence-electron chi connectivity index (χ4n) is 4.06. The Morgan fingerprint density at radius 2 is 2.07 bits per heavy atom. The Morgan fingerprint density at radius 3 is 2.68 bits per heavy atom. The van der Waals surface area contributed by atoms with Gasteiger partial charge in [0.05, 0.1) is 5.69 Å². The van der Waals surface area contributed by atoms with Crippen molar-refractivity contribution in [1.29, 1.82) is 0 Å². The topological polar surface area (TPSA) is 59.4 Å². The van der Waals surface area contributed by atoms with E-state index in [4.69, 9.17) is 4.74 Å². The van der Waals surface area contributed by atoms with Crippen LogP contribution in [0.3, 0.4) is 0 Å². The molecule has 2 aliphatic heterocycles. The van der Waals surface area contributed by atoms with Crippen LogP contribution in [0.5, 0.6) is 0 Å². The second kappa shape index (κ2) is 7.57. The second-order valence-electron chi connectivity index (χ2n) is 8.83. The molecule has 6 nitrogen and oxygen atoms in total. The standard InChI is InChI=1S/C19H29F3N4O2/c1-18(2,3)14-9-16-23-13(8-15(19(20,21)22)26(16)24-14)12-6-5-7-25(10-12)17(27)11-28-4/h9,12-13,15,23H,5-8,10-11H2,1-4H3/t12-,13+,15-/m1/s1. The van der Waals surface area contributed by atoms with Gasteiger partial charge < -0.3 is 15.0 Å². The third kappa shape index (κ3) is 4.29. The minimum Gasteiger partial charge on any atom is -0.375 e. The molecule has 0 aliphatic carbocycles. The quantitative estimate of drug-likeness (QED) is 0.842. The number of alkyl halides is 3. The number of fused-ring (bicyclic) bond motifs is 1. The van der Waals surface area contributed by atoms with Crippen molar-refractivity contribution in [2.45, 2.75) is 63.7 Å². The number of hydrogen-bond donors (Lipinski definition) is 1. The third-order valence-electron chi connectivity index (χ3n) is 5.64. The number of nitrogens with zero attached hydrogens (tertiary/aromatic N) is 3. The Balaban J connectivity index is 1.84. The summed E-state index contributed by atoms with van der Waals surface area (Å²) in [5.41, 5.74) is 0.289. The van der Waals surface area contributed by atoms with E-state index in [0.717, 1.165) is 17.5 Å². The molecule has 0 saturated carbocycles. The molecule has 3 atom stereocenters. The molecule has 9 heteroatoms. The average Bonchev–Trinajstić information content (AvgIpc) is 3.04. The van der Waals surface area contributed by atoms with Crippen molar-refractivity contribution < 1.29 is 22.7 Å². The minimum atomic E-state index is -4.38. The lowest BCUT2D eigenvalue weighted by atomic mass is 9.85. The van der Waals surface area contributed by atoms with Gasteiger partial charge in [-0.15, -0.1) is 0 Å². The number of hydrogen-bond acceptors (Lipinski definition) is 4. The summed E-state index contributed by atoms with van der Waals surface area (Å²) in [5.74, 6) is 0.250. The van der Waals surface area contributed by atoms with Crippen LogP contribution in [-0.4, -0.2) is 59.6 Å². The zero-order chi connectivity index (χ0) is 20.7. The number of rotatable bonds is 3. The number of halogens is 3.